The van der Waals surface area contributed by atoms with Gasteiger partial charge in [0.25, 0.3) is 0 Å². The molecule has 1 aliphatic heterocycles. The molecule has 0 amide bonds. The van der Waals surface area contributed by atoms with Crippen LogP contribution in [0.4, 0.5) is 0 Å². The lowest BCUT2D eigenvalue weighted by atomic mass is 10.6. The molecule has 1 aliphatic rings. The van der Waals surface area contributed by atoms with Crippen molar-refractivity contribution in [2.45, 2.75) is 29.1 Å². The first-order chi connectivity index (χ1) is 11.1. The smallest absolute Gasteiger partial charge is 0.180 e. The van der Waals surface area contributed by atoms with Gasteiger partial charge in [-0.25, -0.2) is 25.3 Å². The van der Waals surface area contributed by atoms with E-state index in [0.717, 1.165) is 11.3 Å². The molecule has 0 aliphatic carbocycles. The third-order valence-corrected chi connectivity index (χ3v) is 11.4. The maximum Gasteiger partial charge on any atom is 0.180 e. The molecule has 1 aromatic rings. The van der Waals surface area contributed by atoms with E-state index in [9.17, 15) is 25.3 Å². The summed E-state index contributed by atoms with van der Waals surface area (Å²) in [6, 6.07) is 0. The van der Waals surface area contributed by atoms with Gasteiger partial charge in [0.2, 0.25) is 0 Å². The van der Waals surface area contributed by atoms with Gasteiger partial charge in [-0.15, -0.1) is 11.3 Å². The second-order valence-corrected chi connectivity index (χ2v) is 14.0. The molecule has 0 atom stereocenters. The average Bonchev–Trinajstić information content (AvgIpc) is 2.96. The lowest BCUT2D eigenvalue weighted by Gasteiger charge is -2.07. The zero-order valence-electron chi connectivity index (χ0n) is 13.0. The van der Waals surface area contributed by atoms with Gasteiger partial charge < -0.3 is 0 Å². The van der Waals surface area contributed by atoms with Crippen LogP contribution < -0.4 is 0 Å². The van der Waals surface area contributed by atoms with Gasteiger partial charge in [0.15, 0.2) is 19.7 Å². The second kappa shape index (κ2) is 8.07. The molecule has 11 heteroatoms. The van der Waals surface area contributed by atoms with Crippen LogP contribution in [0.1, 0.15) is 19.3 Å². The minimum Gasteiger partial charge on any atom is -0.229 e. The van der Waals surface area contributed by atoms with Gasteiger partial charge in [0.1, 0.15) is 9.84 Å². The van der Waals surface area contributed by atoms with Crippen molar-refractivity contribution in [1.82, 2.24) is 0 Å². The second-order valence-electron chi connectivity index (χ2n) is 5.56. The SMILES string of the molecule is O=S1(=O)CCCSCCCS(=O)(=O)c2cscc2S(=O)(=O)CCC1. The van der Waals surface area contributed by atoms with E-state index in [1.165, 1.54) is 22.5 Å². The predicted molar refractivity (Wildman–Crippen MR) is 98.3 cm³/mol. The number of sulfone groups is 3. The summed E-state index contributed by atoms with van der Waals surface area (Å²) in [5.41, 5.74) is 0. The molecule has 138 valence electrons. The molecule has 2 heterocycles. The zero-order chi connectivity index (χ0) is 17.8. The van der Waals surface area contributed by atoms with Crippen LogP contribution >= 0.6 is 23.1 Å². The summed E-state index contributed by atoms with van der Waals surface area (Å²) in [6.07, 6.45) is 0.891. The van der Waals surface area contributed by atoms with Crippen molar-refractivity contribution >= 4 is 52.6 Å². The lowest BCUT2D eigenvalue weighted by molar-refractivity contribution is 0.581. The maximum atomic E-state index is 12.4. The number of hydrogen-bond donors (Lipinski definition) is 0. The third-order valence-electron chi connectivity index (χ3n) is 3.58. The molecule has 24 heavy (non-hydrogen) atoms. The molecule has 2 rings (SSSR count). The Labute approximate surface area is 151 Å². The van der Waals surface area contributed by atoms with Crippen LogP contribution in [0.3, 0.4) is 0 Å². The first-order valence-corrected chi connectivity index (χ1v) is 14.7. The molecule has 0 saturated carbocycles. The summed E-state index contributed by atoms with van der Waals surface area (Å²) in [6.45, 7) is 0. The fourth-order valence-corrected chi connectivity index (χ4v) is 10.4. The molecule has 0 N–H and O–H groups in total. The maximum absolute atomic E-state index is 12.4. The van der Waals surface area contributed by atoms with Crippen molar-refractivity contribution < 1.29 is 25.3 Å². The summed E-state index contributed by atoms with van der Waals surface area (Å²) in [5, 5.41) is 2.67. The molecule has 0 saturated heterocycles. The highest BCUT2D eigenvalue weighted by Crippen LogP contribution is 2.28. The molecule has 6 nitrogen and oxygen atoms in total. The van der Waals surface area contributed by atoms with Crippen LogP contribution in [0.15, 0.2) is 20.6 Å². The molecule has 1 aromatic heterocycles. The van der Waals surface area contributed by atoms with E-state index in [4.69, 9.17) is 0 Å². The topological polar surface area (TPSA) is 102 Å². The Kier molecular flexibility index (Phi) is 6.79. The van der Waals surface area contributed by atoms with Crippen LogP contribution in [0.2, 0.25) is 0 Å². The Bertz CT molecular complexity index is 864. The van der Waals surface area contributed by atoms with Gasteiger partial charge in [-0.05, 0) is 30.8 Å². The van der Waals surface area contributed by atoms with E-state index in [1.807, 2.05) is 0 Å². The zero-order valence-corrected chi connectivity index (χ0v) is 17.1. The van der Waals surface area contributed by atoms with E-state index in [0.29, 0.717) is 24.3 Å². The Morgan fingerprint density at radius 2 is 1.12 bits per heavy atom. The van der Waals surface area contributed by atoms with Crippen molar-refractivity contribution in [3.05, 3.63) is 10.8 Å². The minimum absolute atomic E-state index is 0.0207. The summed E-state index contributed by atoms with van der Waals surface area (Å²) in [5.74, 6) is 0.649. The van der Waals surface area contributed by atoms with Gasteiger partial charge in [-0.1, -0.05) is 0 Å². The van der Waals surface area contributed by atoms with Gasteiger partial charge in [-0.3, -0.25) is 0 Å². The van der Waals surface area contributed by atoms with Gasteiger partial charge in [-0.2, -0.15) is 11.8 Å². The van der Waals surface area contributed by atoms with Crippen LogP contribution in [-0.4, -0.2) is 59.8 Å². The fourth-order valence-electron chi connectivity index (χ4n) is 2.35. The highest BCUT2D eigenvalue weighted by molar-refractivity contribution is 7.99. The minimum atomic E-state index is -3.82. The largest absolute Gasteiger partial charge is 0.229 e. The number of fused-ring (bicyclic) bond motifs is 1. The monoisotopic (exact) mass is 432 g/mol. The van der Waals surface area contributed by atoms with Crippen LogP contribution in [0.5, 0.6) is 0 Å². The summed E-state index contributed by atoms with van der Waals surface area (Å²) in [4.78, 5) is -0.331. The number of rotatable bonds is 0. The average molecular weight is 433 g/mol. The molecule has 0 fully saturated rings. The van der Waals surface area contributed by atoms with E-state index < -0.39 is 29.5 Å². The van der Waals surface area contributed by atoms with Crippen molar-refractivity contribution in [2.24, 2.45) is 0 Å². The van der Waals surface area contributed by atoms with E-state index in [-0.39, 0.29) is 39.2 Å². The Morgan fingerprint density at radius 3 is 1.71 bits per heavy atom. The van der Waals surface area contributed by atoms with Gasteiger partial charge in [0.05, 0.1) is 32.8 Å². The van der Waals surface area contributed by atoms with Gasteiger partial charge in [0, 0.05) is 10.8 Å². The quantitative estimate of drug-likeness (QED) is 0.614. The molecule has 0 unspecified atom stereocenters. The summed E-state index contributed by atoms with van der Waals surface area (Å²) in [7, 11) is -10.7. The number of hydrogen-bond acceptors (Lipinski definition) is 8. The van der Waals surface area contributed by atoms with E-state index in [1.54, 1.807) is 0 Å². The highest BCUT2D eigenvalue weighted by Gasteiger charge is 2.28. The normalized spacial score (nSPS) is 25.0. The van der Waals surface area contributed by atoms with Crippen LogP contribution in [-0.2, 0) is 29.5 Å². The molecule has 0 radical (unpaired) electrons. The molecule has 0 spiro atoms. The van der Waals surface area contributed by atoms with Crippen molar-refractivity contribution in [3.8, 4) is 0 Å². The van der Waals surface area contributed by atoms with E-state index in [2.05, 4.69) is 0 Å². The van der Waals surface area contributed by atoms with Crippen molar-refractivity contribution in [3.63, 3.8) is 0 Å². The van der Waals surface area contributed by atoms with E-state index >= 15 is 0 Å². The predicted octanol–water partition coefficient (Wildman–Crippen LogP) is 1.63. The first kappa shape index (κ1) is 20.2. The molecular weight excluding hydrogens is 412 g/mol. The molecule has 0 aromatic carbocycles. The molecule has 0 bridgehead atoms. The standard InChI is InChI=1S/C13H20O6S5/c14-22(15)6-1-4-20-5-2-8-23(16,17)12-10-21-11-13(12)24(18,19)9-3-7-22/h10-11H,1-9H2. The number of thioether (sulfide) groups is 1. The van der Waals surface area contributed by atoms with Crippen molar-refractivity contribution in [1.29, 1.82) is 0 Å². The highest BCUT2D eigenvalue weighted by atomic mass is 32.2. The Hall–Kier alpha value is -0.100. The Balaban J connectivity index is 2.31. The summed E-state index contributed by atoms with van der Waals surface area (Å²) < 4.78 is 73.5. The van der Waals surface area contributed by atoms with Crippen LogP contribution in [0, 0.1) is 0 Å². The fraction of sp³-hybridized carbons (Fsp3) is 0.692. The van der Waals surface area contributed by atoms with Crippen LogP contribution in [0.25, 0.3) is 0 Å². The van der Waals surface area contributed by atoms with Gasteiger partial charge >= 0.3 is 0 Å². The Morgan fingerprint density at radius 1 is 0.667 bits per heavy atom. The lowest BCUT2D eigenvalue weighted by Crippen LogP contribution is -2.17. The summed E-state index contributed by atoms with van der Waals surface area (Å²) >= 11 is 2.56. The first-order valence-electron chi connectivity index (χ1n) is 7.44. The van der Waals surface area contributed by atoms with Crippen molar-refractivity contribution in [2.75, 3.05) is 34.5 Å². The third kappa shape index (κ3) is 5.45. The number of thiophene rings is 1. The molecular formula is C13H20O6S5.